The molecule has 0 atom stereocenters. The van der Waals surface area contributed by atoms with E-state index in [1.807, 2.05) is 0 Å². The van der Waals surface area contributed by atoms with Gasteiger partial charge in [-0.1, -0.05) is 0 Å². The third-order valence-corrected chi connectivity index (χ3v) is 6.99. The number of carbonyl (C=O) groups excluding carboxylic acids is 1. The van der Waals surface area contributed by atoms with Crippen LogP contribution in [0.5, 0.6) is 0 Å². The number of hydrogen-bond donors (Lipinski definition) is 0. The van der Waals surface area contributed by atoms with Crippen LogP contribution in [0.25, 0.3) is 0 Å². The highest BCUT2D eigenvalue weighted by atomic mass is 32.2. The van der Waals surface area contributed by atoms with Crippen LogP contribution in [0, 0.1) is 13.8 Å². The van der Waals surface area contributed by atoms with E-state index in [1.165, 1.54) is 50.2 Å². The maximum absolute atomic E-state index is 13.5. The summed E-state index contributed by atoms with van der Waals surface area (Å²) in [6, 6.07) is 12.9. The Kier molecular flexibility index (Phi) is 7.35. The van der Waals surface area contributed by atoms with Gasteiger partial charge in [-0.25, -0.2) is 4.79 Å². The highest BCUT2D eigenvalue weighted by Gasteiger charge is 2.38. The Balaban J connectivity index is 2.23. The highest BCUT2D eigenvalue weighted by molar-refractivity contribution is 7.97. The summed E-state index contributed by atoms with van der Waals surface area (Å²) in [6.07, 6.45) is -9.24. The quantitative estimate of drug-likeness (QED) is 0.205. The van der Waals surface area contributed by atoms with Crippen molar-refractivity contribution in [1.82, 2.24) is 0 Å². The average molecular weight is 499 g/mol. The van der Waals surface area contributed by atoms with Gasteiger partial charge in [-0.3, -0.25) is 0 Å². The minimum Gasteiger partial charge on any atom is -0.462 e. The van der Waals surface area contributed by atoms with E-state index in [2.05, 4.69) is 0 Å². The van der Waals surface area contributed by atoms with Gasteiger partial charge in [0.1, 0.15) is 0 Å². The fraction of sp³-hybridized carbons (Fsp3) is 0.240. The van der Waals surface area contributed by atoms with Gasteiger partial charge < -0.3 is 4.74 Å². The lowest BCUT2D eigenvalue weighted by molar-refractivity contribution is -0.138. The molecular formula is C25H21F6O2S+. The van der Waals surface area contributed by atoms with Crippen molar-refractivity contribution in [3.05, 3.63) is 88.5 Å². The molecule has 0 amide bonds. The molecule has 0 heterocycles. The Morgan fingerprint density at radius 2 is 1.18 bits per heavy atom. The second-order valence-electron chi connectivity index (χ2n) is 7.62. The SMILES string of the molecule is CCOC(=O)c1ccc([S+](c2cc(C)cc(C(F)(F)F)c2)c2cc(C)cc(C(F)(F)F)c2)cc1. The molecule has 0 bridgehead atoms. The fourth-order valence-electron chi connectivity index (χ4n) is 3.41. The normalized spacial score (nSPS) is 12.2. The number of alkyl halides is 6. The number of ether oxygens (including phenoxy) is 1. The first-order chi connectivity index (χ1) is 15.8. The lowest BCUT2D eigenvalue weighted by atomic mass is 10.1. The fourth-order valence-corrected chi connectivity index (χ4v) is 5.73. The van der Waals surface area contributed by atoms with E-state index in [9.17, 15) is 31.1 Å². The van der Waals surface area contributed by atoms with Crippen LogP contribution in [0.3, 0.4) is 0 Å². The predicted molar refractivity (Wildman–Crippen MR) is 117 cm³/mol. The van der Waals surface area contributed by atoms with Crippen molar-refractivity contribution in [2.75, 3.05) is 6.61 Å². The first-order valence-electron chi connectivity index (χ1n) is 10.2. The van der Waals surface area contributed by atoms with Gasteiger partial charge >= 0.3 is 18.3 Å². The number of benzene rings is 3. The van der Waals surface area contributed by atoms with Gasteiger partial charge in [-0.2, -0.15) is 26.3 Å². The minimum atomic E-state index is -4.62. The zero-order chi connectivity index (χ0) is 25.3. The number of hydrogen-bond acceptors (Lipinski definition) is 2. The van der Waals surface area contributed by atoms with E-state index in [-0.39, 0.29) is 22.0 Å². The van der Waals surface area contributed by atoms with Crippen LogP contribution in [0.1, 0.15) is 39.5 Å². The molecule has 9 heteroatoms. The van der Waals surface area contributed by atoms with Crippen LogP contribution in [-0.4, -0.2) is 12.6 Å². The summed E-state index contributed by atoms with van der Waals surface area (Å²) in [4.78, 5) is 12.9. The van der Waals surface area contributed by atoms with Crippen molar-refractivity contribution in [3.8, 4) is 0 Å². The second-order valence-corrected chi connectivity index (χ2v) is 9.64. The van der Waals surface area contributed by atoms with E-state index < -0.39 is 40.3 Å². The molecule has 3 aromatic rings. The summed E-state index contributed by atoms with van der Waals surface area (Å²) in [5.41, 5.74) is -0.878. The Hall–Kier alpha value is -2.94. The topological polar surface area (TPSA) is 26.3 Å². The number of rotatable bonds is 5. The molecule has 0 N–H and O–H groups in total. The molecule has 180 valence electrons. The van der Waals surface area contributed by atoms with Gasteiger partial charge in [0.25, 0.3) is 0 Å². The predicted octanol–water partition coefficient (Wildman–Crippen LogP) is 7.61. The van der Waals surface area contributed by atoms with Crippen molar-refractivity contribution in [1.29, 1.82) is 0 Å². The molecule has 2 nitrogen and oxygen atoms in total. The van der Waals surface area contributed by atoms with Crippen LogP contribution >= 0.6 is 0 Å². The molecule has 0 aliphatic carbocycles. The summed E-state index contributed by atoms with van der Waals surface area (Å²) in [5, 5.41) is 0. The van der Waals surface area contributed by atoms with Crippen molar-refractivity contribution in [3.63, 3.8) is 0 Å². The van der Waals surface area contributed by atoms with Crippen LogP contribution < -0.4 is 0 Å². The van der Waals surface area contributed by atoms with Gasteiger partial charge in [-0.15, -0.1) is 0 Å². The van der Waals surface area contributed by atoms with Crippen molar-refractivity contribution in [2.45, 2.75) is 47.8 Å². The second kappa shape index (κ2) is 9.74. The summed E-state index contributed by atoms with van der Waals surface area (Å²) < 4.78 is 86.1. The van der Waals surface area contributed by atoms with Crippen LogP contribution in [0.15, 0.2) is 75.4 Å². The standard InChI is InChI=1S/C25H21F6O2S/c1-4-33-23(32)17-5-7-20(8-6-17)34(21-11-15(2)9-18(13-21)24(26,27)28)22-12-16(3)10-19(14-22)25(29,30)31/h5-14H,4H2,1-3H3/q+1. The highest BCUT2D eigenvalue weighted by Crippen LogP contribution is 2.39. The Labute approximate surface area is 195 Å². The van der Waals surface area contributed by atoms with E-state index in [1.54, 1.807) is 6.92 Å². The Morgan fingerprint density at radius 1 is 0.735 bits per heavy atom. The molecule has 0 fully saturated rings. The van der Waals surface area contributed by atoms with Gasteiger partial charge in [0.05, 0.1) is 34.2 Å². The summed E-state index contributed by atoms with van der Waals surface area (Å²) in [6.45, 7) is 4.82. The van der Waals surface area contributed by atoms with Crippen LogP contribution in [-0.2, 0) is 28.0 Å². The molecule has 0 aromatic heterocycles. The first kappa shape index (κ1) is 25.7. The lowest BCUT2D eigenvalue weighted by Gasteiger charge is -2.15. The van der Waals surface area contributed by atoms with Gasteiger partial charge in [0, 0.05) is 12.1 Å². The van der Waals surface area contributed by atoms with Gasteiger partial charge in [0.2, 0.25) is 0 Å². The molecule has 0 saturated carbocycles. The summed E-state index contributed by atoms with van der Waals surface area (Å²) in [5.74, 6) is -0.571. The first-order valence-corrected chi connectivity index (χ1v) is 11.4. The Bertz CT molecular complexity index is 1120. The van der Waals surface area contributed by atoms with E-state index in [4.69, 9.17) is 4.74 Å². The largest absolute Gasteiger partial charge is 0.462 e. The maximum atomic E-state index is 13.5. The average Bonchev–Trinajstić information content (AvgIpc) is 2.72. The minimum absolute atomic E-state index is 0.165. The summed E-state index contributed by atoms with van der Waals surface area (Å²) in [7, 11) is -1.30. The molecule has 0 spiro atoms. The zero-order valence-corrected chi connectivity index (χ0v) is 19.3. The smallest absolute Gasteiger partial charge is 0.416 e. The van der Waals surface area contributed by atoms with Crippen LogP contribution in [0.4, 0.5) is 26.3 Å². The molecular weight excluding hydrogens is 478 g/mol. The van der Waals surface area contributed by atoms with E-state index >= 15 is 0 Å². The number of halogens is 6. The van der Waals surface area contributed by atoms with Crippen molar-refractivity contribution < 1.29 is 35.9 Å². The van der Waals surface area contributed by atoms with Gasteiger partial charge in [-0.05, 0) is 80.4 Å². The van der Waals surface area contributed by atoms with E-state index in [0.29, 0.717) is 16.0 Å². The van der Waals surface area contributed by atoms with Crippen molar-refractivity contribution in [2.24, 2.45) is 0 Å². The Morgan fingerprint density at radius 3 is 1.56 bits per heavy atom. The molecule has 3 aromatic carbocycles. The van der Waals surface area contributed by atoms with Gasteiger partial charge in [0.15, 0.2) is 14.7 Å². The van der Waals surface area contributed by atoms with Crippen LogP contribution in [0.2, 0.25) is 0 Å². The third kappa shape index (κ3) is 5.94. The number of aryl methyl sites for hydroxylation is 2. The maximum Gasteiger partial charge on any atom is 0.416 e. The molecule has 0 aliphatic heterocycles. The number of carbonyl (C=O) groups is 1. The monoisotopic (exact) mass is 499 g/mol. The molecule has 0 unspecified atom stereocenters. The molecule has 0 radical (unpaired) electrons. The van der Waals surface area contributed by atoms with E-state index in [0.717, 1.165) is 24.3 Å². The summed E-state index contributed by atoms with van der Waals surface area (Å²) >= 11 is 0. The third-order valence-electron chi connectivity index (χ3n) is 4.83. The molecule has 0 aliphatic rings. The molecule has 0 saturated heterocycles. The lowest BCUT2D eigenvalue weighted by Crippen LogP contribution is -2.12. The number of esters is 1. The van der Waals surface area contributed by atoms with Crippen molar-refractivity contribution >= 4 is 16.9 Å². The molecule has 34 heavy (non-hydrogen) atoms. The zero-order valence-electron chi connectivity index (χ0n) is 18.5. The molecule has 3 rings (SSSR count).